The molecule has 0 aromatic rings. The van der Waals surface area contributed by atoms with Gasteiger partial charge in [0.25, 0.3) is 0 Å². The Morgan fingerprint density at radius 1 is 1.50 bits per heavy atom. The number of rotatable bonds is 0. The normalized spacial score (nSPS) is 67.7. The Kier molecular flexibility index (Phi) is 1.02. The van der Waals surface area contributed by atoms with Crippen LogP contribution in [0.1, 0.15) is 13.3 Å². The van der Waals surface area contributed by atoms with Gasteiger partial charge in [0.05, 0.1) is 18.1 Å². The van der Waals surface area contributed by atoms with Crippen molar-refractivity contribution in [1.29, 1.82) is 0 Å². The van der Waals surface area contributed by atoms with E-state index >= 15 is 0 Å². The first kappa shape index (κ1) is 7.65. The predicted molar refractivity (Wildman–Crippen MR) is 44.0 cm³/mol. The zero-order valence-corrected chi connectivity index (χ0v) is 7.84. The molecule has 4 aliphatic rings. The Balaban J connectivity index is 1.92. The molecule has 1 N–H and O–H groups in total. The lowest BCUT2D eigenvalue weighted by Gasteiger charge is -2.26. The molecule has 7 atom stereocenters. The highest BCUT2D eigenvalue weighted by molar-refractivity contribution is 5.77. The maximum Gasteiger partial charge on any atom is 0.312 e. The molecular formula is C10H12O4. The highest BCUT2D eigenvalue weighted by atomic mass is 16.7. The summed E-state index contributed by atoms with van der Waals surface area (Å²) >= 11 is 0. The van der Waals surface area contributed by atoms with E-state index in [1.165, 1.54) is 0 Å². The van der Waals surface area contributed by atoms with Crippen LogP contribution in [0, 0.1) is 23.7 Å². The van der Waals surface area contributed by atoms with E-state index in [1.807, 2.05) is 6.92 Å². The van der Waals surface area contributed by atoms with Crippen molar-refractivity contribution in [3.8, 4) is 0 Å². The molecule has 6 unspecified atom stereocenters. The summed E-state index contributed by atoms with van der Waals surface area (Å²) in [6.07, 6.45) is 0.404. The van der Waals surface area contributed by atoms with Crippen molar-refractivity contribution in [2.75, 3.05) is 0 Å². The summed E-state index contributed by atoms with van der Waals surface area (Å²) in [5, 5.41) is 9.93. The number of aliphatic hydroxyl groups is 1. The van der Waals surface area contributed by atoms with E-state index in [2.05, 4.69) is 0 Å². The van der Waals surface area contributed by atoms with Crippen LogP contribution in [0.15, 0.2) is 0 Å². The molecule has 0 aromatic carbocycles. The third-order valence-electron chi connectivity index (χ3n) is 4.60. The molecule has 4 rings (SSSR count). The number of hydrogen-bond donors (Lipinski definition) is 1. The molecule has 4 heteroatoms. The SMILES string of the molecule is CC12OC(=O)C3C4CC(C(O1)[C@H]4O)C32. The van der Waals surface area contributed by atoms with Gasteiger partial charge in [0.15, 0.2) is 0 Å². The quantitative estimate of drug-likeness (QED) is 0.550. The molecule has 2 aliphatic heterocycles. The van der Waals surface area contributed by atoms with Crippen molar-refractivity contribution in [2.45, 2.75) is 31.3 Å². The summed E-state index contributed by atoms with van der Waals surface area (Å²) in [7, 11) is 0. The Hall–Kier alpha value is -0.610. The first-order valence-electron chi connectivity index (χ1n) is 5.20. The van der Waals surface area contributed by atoms with Gasteiger partial charge in [-0.15, -0.1) is 0 Å². The Morgan fingerprint density at radius 2 is 2.29 bits per heavy atom. The van der Waals surface area contributed by atoms with Gasteiger partial charge in [0.1, 0.15) is 0 Å². The number of hydrogen-bond acceptors (Lipinski definition) is 4. The van der Waals surface area contributed by atoms with Gasteiger partial charge in [-0.25, -0.2) is 0 Å². The molecule has 2 bridgehead atoms. The molecule has 4 nitrogen and oxygen atoms in total. The lowest BCUT2D eigenvalue weighted by Crippen LogP contribution is -2.39. The number of aliphatic hydroxyl groups excluding tert-OH is 1. The van der Waals surface area contributed by atoms with Gasteiger partial charge in [-0.05, 0) is 12.3 Å². The average Bonchev–Trinajstić information content (AvgIpc) is 2.72. The molecule has 0 aromatic heterocycles. The second kappa shape index (κ2) is 1.86. The second-order valence-electron chi connectivity index (χ2n) is 5.13. The van der Waals surface area contributed by atoms with Gasteiger partial charge in [0, 0.05) is 18.8 Å². The van der Waals surface area contributed by atoms with Crippen LogP contribution in [0.4, 0.5) is 0 Å². The molecule has 14 heavy (non-hydrogen) atoms. The fourth-order valence-electron chi connectivity index (χ4n) is 4.23. The predicted octanol–water partition coefficient (Wildman–Crippen LogP) is -0.0988. The summed E-state index contributed by atoms with van der Waals surface area (Å²) in [6.45, 7) is 1.84. The van der Waals surface area contributed by atoms with E-state index in [4.69, 9.17) is 9.47 Å². The van der Waals surface area contributed by atoms with Crippen molar-refractivity contribution >= 4 is 5.97 Å². The van der Waals surface area contributed by atoms with E-state index in [9.17, 15) is 9.90 Å². The molecule has 0 amide bonds. The zero-order chi connectivity index (χ0) is 9.66. The first-order chi connectivity index (χ1) is 6.62. The topological polar surface area (TPSA) is 55.8 Å². The molecule has 2 saturated carbocycles. The summed E-state index contributed by atoms with van der Waals surface area (Å²) in [5.41, 5.74) is 0. The van der Waals surface area contributed by atoms with Crippen molar-refractivity contribution in [1.82, 2.24) is 0 Å². The van der Waals surface area contributed by atoms with E-state index in [-0.39, 0.29) is 29.8 Å². The van der Waals surface area contributed by atoms with Gasteiger partial charge >= 0.3 is 5.97 Å². The number of carbonyl (C=O) groups is 1. The van der Waals surface area contributed by atoms with E-state index in [0.29, 0.717) is 5.92 Å². The first-order valence-corrected chi connectivity index (χ1v) is 5.20. The van der Waals surface area contributed by atoms with Crippen LogP contribution >= 0.6 is 0 Å². The smallest absolute Gasteiger partial charge is 0.312 e. The molecule has 2 aliphatic carbocycles. The van der Waals surface area contributed by atoms with Gasteiger partial charge in [-0.3, -0.25) is 4.79 Å². The molecule has 2 heterocycles. The molecular weight excluding hydrogens is 184 g/mol. The zero-order valence-electron chi connectivity index (χ0n) is 7.84. The lowest BCUT2D eigenvalue weighted by atomic mass is 9.77. The average molecular weight is 196 g/mol. The van der Waals surface area contributed by atoms with Crippen LogP contribution in [-0.2, 0) is 14.3 Å². The second-order valence-corrected chi connectivity index (χ2v) is 5.13. The van der Waals surface area contributed by atoms with Gasteiger partial charge in [-0.2, -0.15) is 0 Å². The van der Waals surface area contributed by atoms with Crippen LogP contribution < -0.4 is 0 Å². The molecule has 4 fully saturated rings. The fraction of sp³-hybridized carbons (Fsp3) is 0.900. The van der Waals surface area contributed by atoms with Crippen LogP contribution in [0.5, 0.6) is 0 Å². The minimum absolute atomic E-state index is 0.0839. The standard InChI is InChI=1S/C10H12O4/c1-10-6-4-2-3(5(6)9(12)14-10)7(11)8(4)13-10/h3-8,11H,2H2,1H3/t3?,4?,5?,6?,7-,8?,10?/m0/s1. The lowest BCUT2D eigenvalue weighted by molar-refractivity contribution is -0.218. The minimum atomic E-state index is -0.733. The third kappa shape index (κ3) is 0.547. The van der Waals surface area contributed by atoms with Crippen LogP contribution in [0.2, 0.25) is 0 Å². The summed E-state index contributed by atoms with van der Waals surface area (Å²) in [6, 6.07) is 0. The number of carbonyl (C=O) groups excluding carboxylic acids is 1. The monoisotopic (exact) mass is 196 g/mol. The molecule has 0 spiro atoms. The highest BCUT2D eigenvalue weighted by Crippen LogP contribution is 2.66. The highest BCUT2D eigenvalue weighted by Gasteiger charge is 2.76. The number of esters is 1. The van der Waals surface area contributed by atoms with E-state index in [1.54, 1.807) is 0 Å². The largest absolute Gasteiger partial charge is 0.433 e. The fourth-order valence-corrected chi connectivity index (χ4v) is 4.23. The summed E-state index contributed by atoms with van der Waals surface area (Å²) in [4.78, 5) is 11.6. The van der Waals surface area contributed by atoms with Crippen molar-refractivity contribution in [3.63, 3.8) is 0 Å². The maximum absolute atomic E-state index is 11.6. The maximum atomic E-state index is 11.6. The summed E-state index contributed by atoms with van der Waals surface area (Å²) in [5.74, 6) is -0.360. The van der Waals surface area contributed by atoms with Gasteiger partial charge in [0.2, 0.25) is 5.79 Å². The third-order valence-corrected chi connectivity index (χ3v) is 4.60. The van der Waals surface area contributed by atoms with Crippen molar-refractivity contribution < 1.29 is 19.4 Å². The molecule has 0 radical (unpaired) electrons. The van der Waals surface area contributed by atoms with Crippen molar-refractivity contribution in [2.24, 2.45) is 23.7 Å². The number of ether oxygens (including phenoxy) is 2. The van der Waals surface area contributed by atoms with Crippen LogP contribution in [0.3, 0.4) is 0 Å². The van der Waals surface area contributed by atoms with E-state index < -0.39 is 11.9 Å². The minimum Gasteiger partial charge on any atom is -0.433 e. The Labute approximate surface area is 81.2 Å². The number of fused-ring (bicyclic) bond motifs is 2. The van der Waals surface area contributed by atoms with E-state index in [0.717, 1.165) is 6.42 Å². The van der Waals surface area contributed by atoms with Crippen molar-refractivity contribution in [3.05, 3.63) is 0 Å². The van der Waals surface area contributed by atoms with Crippen LogP contribution in [-0.4, -0.2) is 29.1 Å². The Morgan fingerprint density at radius 3 is 3.07 bits per heavy atom. The Bertz CT molecular complexity index is 341. The van der Waals surface area contributed by atoms with Gasteiger partial charge < -0.3 is 14.6 Å². The molecule has 76 valence electrons. The van der Waals surface area contributed by atoms with Crippen LogP contribution in [0.25, 0.3) is 0 Å². The molecule has 2 saturated heterocycles. The summed E-state index contributed by atoms with van der Waals surface area (Å²) < 4.78 is 11.0. The van der Waals surface area contributed by atoms with Gasteiger partial charge in [-0.1, -0.05) is 0 Å².